The number of aromatic nitrogens is 2. The van der Waals surface area contributed by atoms with E-state index in [0.717, 1.165) is 19.3 Å². The Kier molecular flexibility index (Phi) is 5.17. The Morgan fingerprint density at radius 2 is 2.10 bits per heavy atom. The van der Waals surface area contributed by atoms with Gasteiger partial charge in [0.05, 0.1) is 6.20 Å². The van der Waals surface area contributed by atoms with Gasteiger partial charge < -0.3 is 5.11 Å². The highest BCUT2D eigenvalue weighted by Crippen LogP contribution is 2.25. The minimum atomic E-state index is -3.41. The van der Waals surface area contributed by atoms with Crippen molar-refractivity contribution in [2.24, 2.45) is 5.92 Å². The van der Waals surface area contributed by atoms with E-state index >= 15 is 0 Å². The normalized spacial score (nSPS) is 18.5. The van der Waals surface area contributed by atoms with Gasteiger partial charge in [-0.2, -0.15) is 9.40 Å². The molecule has 0 aromatic carbocycles. The van der Waals surface area contributed by atoms with E-state index in [2.05, 4.69) is 12.0 Å². The number of hydrogen-bond acceptors (Lipinski definition) is 4. The molecular weight excluding hydrogens is 278 g/mol. The predicted octanol–water partition coefficient (Wildman–Crippen LogP) is 1.08. The summed E-state index contributed by atoms with van der Waals surface area (Å²) in [5.74, 6) is 0.647. The number of aliphatic hydroxyl groups is 1. The number of piperidine rings is 1. The average molecular weight is 301 g/mol. The minimum absolute atomic E-state index is 0.0759. The second-order valence-corrected chi connectivity index (χ2v) is 7.21. The second-order valence-electron chi connectivity index (χ2n) is 5.27. The average Bonchev–Trinajstić information content (AvgIpc) is 2.94. The lowest BCUT2D eigenvalue weighted by atomic mass is 9.96. The molecular formula is C13H23N3O3S. The van der Waals surface area contributed by atoms with Crippen LogP contribution in [0.2, 0.25) is 0 Å². The summed E-state index contributed by atoms with van der Waals surface area (Å²) in [5.41, 5.74) is 0. The summed E-state index contributed by atoms with van der Waals surface area (Å²) in [6.07, 6.45) is 6.52. The first-order valence-corrected chi connectivity index (χ1v) is 8.65. The standard InChI is InChI=1S/C13H23N3O3S/c1-2-12-4-7-16(8-5-12)20(18,19)13-10-14-15(11-13)6-3-9-17/h10-12,17H,2-9H2,1H3. The van der Waals surface area contributed by atoms with Crippen LogP contribution >= 0.6 is 0 Å². The summed E-state index contributed by atoms with van der Waals surface area (Å²) in [5, 5.41) is 12.8. The molecule has 0 amide bonds. The molecule has 1 fully saturated rings. The SMILES string of the molecule is CCC1CCN(S(=O)(=O)c2cnn(CCCO)c2)CC1. The van der Waals surface area contributed by atoms with E-state index in [0.29, 0.717) is 32.0 Å². The predicted molar refractivity (Wildman–Crippen MR) is 75.7 cm³/mol. The number of aryl methyl sites for hydroxylation is 1. The van der Waals surface area contributed by atoms with Crippen LogP contribution in [0.4, 0.5) is 0 Å². The summed E-state index contributed by atoms with van der Waals surface area (Å²) in [6.45, 7) is 3.96. The Morgan fingerprint density at radius 1 is 1.40 bits per heavy atom. The van der Waals surface area contributed by atoms with Gasteiger partial charge in [0.15, 0.2) is 0 Å². The first-order valence-electron chi connectivity index (χ1n) is 7.21. The van der Waals surface area contributed by atoms with Gasteiger partial charge in [-0.15, -0.1) is 0 Å². The maximum absolute atomic E-state index is 12.5. The van der Waals surface area contributed by atoms with Gasteiger partial charge in [0.1, 0.15) is 4.90 Å². The van der Waals surface area contributed by atoms with Crippen LogP contribution in [0.15, 0.2) is 17.3 Å². The number of aliphatic hydroxyl groups excluding tert-OH is 1. The summed E-state index contributed by atoms with van der Waals surface area (Å²) < 4.78 is 28.1. The van der Waals surface area contributed by atoms with Crippen LogP contribution in [-0.2, 0) is 16.6 Å². The van der Waals surface area contributed by atoms with Gasteiger partial charge in [0, 0.05) is 32.4 Å². The fourth-order valence-electron chi connectivity index (χ4n) is 2.54. The third-order valence-electron chi connectivity index (χ3n) is 3.94. The van der Waals surface area contributed by atoms with Crippen molar-refractivity contribution >= 4 is 10.0 Å². The fourth-order valence-corrected chi connectivity index (χ4v) is 3.96. The Labute approximate surface area is 120 Å². The first-order chi connectivity index (χ1) is 9.57. The van der Waals surface area contributed by atoms with Crippen LogP contribution in [0.1, 0.15) is 32.6 Å². The molecule has 1 aromatic heterocycles. The van der Waals surface area contributed by atoms with Crippen molar-refractivity contribution < 1.29 is 13.5 Å². The van der Waals surface area contributed by atoms with Crippen molar-refractivity contribution in [3.8, 4) is 0 Å². The third-order valence-corrected chi connectivity index (χ3v) is 5.80. The lowest BCUT2D eigenvalue weighted by Gasteiger charge is -2.30. The van der Waals surface area contributed by atoms with Crippen LogP contribution < -0.4 is 0 Å². The van der Waals surface area contributed by atoms with Crippen molar-refractivity contribution in [3.05, 3.63) is 12.4 Å². The number of rotatable bonds is 6. The zero-order chi connectivity index (χ0) is 14.6. The van der Waals surface area contributed by atoms with Crippen molar-refractivity contribution in [1.82, 2.24) is 14.1 Å². The molecule has 1 aliphatic heterocycles. The maximum atomic E-state index is 12.5. The Morgan fingerprint density at radius 3 is 2.70 bits per heavy atom. The molecule has 0 aliphatic carbocycles. The molecule has 0 saturated carbocycles. The van der Waals surface area contributed by atoms with Crippen LogP contribution in [0.25, 0.3) is 0 Å². The molecule has 114 valence electrons. The summed E-state index contributed by atoms with van der Waals surface area (Å²) in [6, 6.07) is 0. The Bertz CT molecular complexity index is 519. The van der Waals surface area contributed by atoms with E-state index in [4.69, 9.17) is 5.11 Å². The minimum Gasteiger partial charge on any atom is -0.396 e. The molecule has 1 saturated heterocycles. The summed E-state index contributed by atoms with van der Waals surface area (Å²) in [7, 11) is -3.41. The van der Waals surface area contributed by atoms with Crippen molar-refractivity contribution in [3.63, 3.8) is 0 Å². The molecule has 6 nitrogen and oxygen atoms in total. The molecule has 2 rings (SSSR count). The van der Waals surface area contributed by atoms with E-state index < -0.39 is 10.0 Å². The molecule has 0 spiro atoms. The Balaban J connectivity index is 2.04. The quantitative estimate of drug-likeness (QED) is 0.853. The van der Waals surface area contributed by atoms with Gasteiger partial charge >= 0.3 is 0 Å². The molecule has 1 N–H and O–H groups in total. The van der Waals surface area contributed by atoms with Gasteiger partial charge in [0.2, 0.25) is 10.0 Å². The molecule has 2 heterocycles. The number of hydrogen-bond donors (Lipinski definition) is 1. The zero-order valence-electron chi connectivity index (χ0n) is 11.9. The molecule has 1 aromatic rings. The Hall–Kier alpha value is -0.920. The topological polar surface area (TPSA) is 75.4 Å². The van der Waals surface area contributed by atoms with Gasteiger partial charge in [-0.1, -0.05) is 13.3 Å². The van der Waals surface area contributed by atoms with E-state index in [1.54, 1.807) is 15.2 Å². The molecule has 0 unspecified atom stereocenters. The molecule has 7 heteroatoms. The molecule has 20 heavy (non-hydrogen) atoms. The van der Waals surface area contributed by atoms with E-state index in [-0.39, 0.29) is 11.5 Å². The first kappa shape index (κ1) is 15.5. The molecule has 1 aliphatic rings. The highest BCUT2D eigenvalue weighted by molar-refractivity contribution is 7.89. The molecule has 0 atom stereocenters. The van der Waals surface area contributed by atoms with Gasteiger partial charge in [-0.25, -0.2) is 8.42 Å². The maximum Gasteiger partial charge on any atom is 0.246 e. The number of sulfonamides is 1. The fraction of sp³-hybridized carbons (Fsp3) is 0.769. The monoisotopic (exact) mass is 301 g/mol. The molecule has 0 bridgehead atoms. The van der Waals surface area contributed by atoms with Crippen molar-refractivity contribution in [2.45, 2.75) is 44.0 Å². The van der Waals surface area contributed by atoms with Gasteiger partial charge in [-0.3, -0.25) is 4.68 Å². The van der Waals surface area contributed by atoms with Gasteiger partial charge in [0.25, 0.3) is 0 Å². The smallest absolute Gasteiger partial charge is 0.246 e. The lowest BCUT2D eigenvalue weighted by molar-refractivity contribution is 0.269. The highest BCUT2D eigenvalue weighted by atomic mass is 32.2. The summed E-state index contributed by atoms with van der Waals surface area (Å²) in [4.78, 5) is 0.255. The third kappa shape index (κ3) is 3.39. The van der Waals surface area contributed by atoms with E-state index in [9.17, 15) is 8.42 Å². The van der Waals surface area contributed by atoms with Crippen LogP contribution in [0.3, 0.4) is 0 Å². The van der Waals surface area contributed by atoms with Crippen LogP contribution in [0.5, 0.6) is 0 Å². The highest BCUT2D eigenvalue weighted by Gasteiger charge is 2.29. The van der Waals surface area contributed by atoms with Crippen molar-refractivity contribution in [1.29, 1.82) is 0 Å². The molecule has 0 radical (unpaired) electrons. The van der Waals surface area contributed by atoms with E-state index in [1.165, 1.54) is 6.20 Å². The summed E-state index contributed by atoms with van der Waals surface area (Å²) >= 11 is 0. The van der Waals surface area contributed by atoms with Crippen LogP contribution in [-0.4, -0.2) is 47.3 Å². The largest absolute Gasteiger partial charge is 0.396 e. The van der Waals surface area contributed by atoms with Crippen LogP contribution in [0, 0.1) is 5.92 Å². The number of nitrogens with zero attached hydrogens (tertiary/aromatic N) is 3. The van der Waals surface area contributed by atoms with Crippen molar-refractivity contribution in [2.75, 3.05) is 19.7 Å². The van der Waals surface area contributed by atoms with Gasteiger partial charge in [-0.05, 0) is 25.2 Å². The van der Waals surface area contributed by atoms with E-state index in [1.807, 2.05) is 0 Å². The lowest BCUT2D eigenvalue weighted by Crippen LogP contribution is -2.38. The zero-order valence-corrected chi connectivity index (χ0v) is 12.7. The second kappa shape index (κ2) is 6.69.